The van der Waals surface area contributed by atoms with Gasteiger partial charge in [-0.2, -0.15) is 0 Å². The molecular weight excluding hydrogens is 220 g/mol. The van der Waals surface area contributed by atoms with Crippen LogP contribution in [0.15, 0.2) is 4.79 Å². The van der Waals surface area contributed by atoms with Crippen LogP contribution in [-0.4, -0.2) is 20.9 Å². The zero-order valence-corrected chi connectivity index (χ0v) is 10.4. The van der Waals surface area contributed by atoms with Crippen LogP contribution in [0.1, 0.15) is 50.8 Å². The Kier molecular flexibility index (Phi) is 2.64. The van der Waals surface area contributed by atoms with Crippen LogP contribution in [0.25, 0.3) is 0 Å². The molecule has 1 atom stereocenters. The van der Waals surface area contributed by atoms with E-state index < -0.39 is 11.9 Å². The van der Waals surface area contributed by atoms with Gasteiger partial charge in [-0.1, -0.05) is 0 Å². The van der Waals surface area contributed by atoms with Gasteiger partial charge in [-0.3, -0.25) is 14.7 Å². The van der Waals surface area contributed by atoms with Gasteiger partial charge in [0.15, 0.2) is 0 Å². The molecule has 0 spiro atoms. The number of nitrogens with one attached hydrogen (secondary N) is 1. The molecule has 1 aliphatic carbocycles. The minimum atomic E-state index is -0.853. The number of aromatic nitrogens is 2. The van der Waals surface area contributed by atoms with E-state index in [9.17, 15) is 9.59 Å². The normalized spacial score (nSPS) is 20.1. The Morgan fingerprint density at radius 2 is 2.12 bits per heavy atom. The van der Waals surface area contributed by atoms with Crippen molar-refractivity contribution in [3.8, 4) is 0 Å². The topological polar surface area (TPSA) is 75.1 Å². The predicted molar refractivity (Wildman–Crippen MR) is 63.4 cm³/mol. The quantitative estimate of drug-likeness (QED) is 0.777. The maximum atomic E-state index is 12.2. The fourth-order valence-corrected chi connectivity index (χ4v) is 2.37. The molecule has 1 aromatic heterocycles. The van der Waals surface area contributed by atoms with Gasteiger partial charge in [-0.05, 0) is 40.0 Å². The standard InChI is InChI=1S/C12H18N2O3/c1-12(2,3)14-10(15)7-5-4-6-8(11(16)17)9(7)13-14/h8,13H,4-6H2,1-3H3,(H,16,17). The molecule has 0 radical (unpaired) electrons. The van der Waals surface area contributed by atoms with E-state index >= 15 is 0 Å². The number of carbonyl (C=O) groups is 1. The third-order valence-electron chi connectivity index (χ3n) is 3.26. The molecular formula is C12H18N2O3. The Morgan fingerprint density at radius 1 is 1.47 bits per heavy atom. The molecule has 1 heterocycles. The number of hydrogen-bond donors (Lipinski definition) is 2. The van der Waals surface area contributed by atoms with E-state index in [0.717, 1.165) is 6.42 Å². The first-order valence-corrected chi connectivity index (χ1v) is 5.89. The number of fused-ring (bicyclic) bond motifs is 1. The Morgan fingerprint density at radius 3 is 2.65 bits per heavy atom. The van der Waals surface area contributed by atoms with E-state index in [1.807, 2.05) is 20.8 Å². The number of nitrogens with zero attached hydrogens (tertiary/aromatic N) is 1. The zero-order valence-electron chi connectivity index (χ0n) is 10.4. The highest BCUT2D eigenvalue weighted by molar-refractivity contribution is 5.76. The number of rotatable bonds is 1. The number of carboxylic acid groups (broad SMARTS) is 1. The SMILES string of the molecule is CC(C)(C)n1[nH]c2c(c1=O)CCCC2C(=O)O. The lowest BCUT2D eigenvalue weighted by Gasteiger charge is -2.20. The first kappa shape index (κ1) is 12.0. The number of H-pyrrole nitrogens is 1. The highest BCUT2D eigenvalue weighted by Gasteiger charge is 2.32. The summed E-state index contributed by atoms with van der Waals surface area (Å²) >= 11 is 0. The second-order valence-corrected chi connectivity index (χ2v) is 5.60. The molecule has 0 saturated carbocycles. The second kappa shape index (κ2) is 3.75. The molecule has 0 amide bonds. The third kappa shape index (κ3) is 1.90. The molecule has 5 heteroatoms. The number of hydrogen-bond acceptors (Lipinski definition) is 2. The summed E-state index contributed by atoms with van der Waals surface area (Å²) in [5, 5.41) is 12.2. The molecule has 0 aromatic carbocycles. The van der Waals surface area contributed by atoms with Gasteiger partial charge >= 0.3 is 5.97 Å². The Bertz CT molecular complexity index is 505. The van der Waals surface area contributed by atoms with Crippen molar-refractivity contribution in [1.82, 2.24) is 9.78 Å². The lowest BCUT2D eigenvalue weighted by Crippen LogP contribution is -2.33. The molecule has 94 valence electrons. The maximum absolute atomic E-state index is 12.2. The predicted octanol–water partition coefficient (Wildman–Crippen LogP) is 1.44. The first-order valence-electron chi connectivity index (χ1n) is 5.89. The monoisotopic (exact) mass is 238 g/mol. The summed E-state index contributed by atoms with van der Waals surface area (Å²) < 4.78 is 1.54. The van der Waals surface area contributed by atoms with Gasteiger partial charge in [0, 0.05) is 5.56 Å². The van der Waals surface area contributed by atoms with Gasteiger partial charge in [0.1, 0.15) is 0 Å². The summed E-state index contributed by atoms with van der Waals surface area (Å²) in [5.74, 6) is -1.41. The van der Waals surface area contributed by atoms with Crippen LogP contribution >= 0.6 is 0 Å². The lowest BCUT2D eigenvalue weighted by molar-refractivity contribution is -0.139. The lowest BCUT2D eigenvalue weighted by atomic mass is 9.88. The highest BCUT2D eigenvalue weighted by Crippen LogP contribution is 2.29. The number of carboxylic acids is 1. The van der Waals surface area contributed by atoms with E-state index in [2.05, 4.69) is 5.10 Å². The van der Waals surface area contributed by atoms with Crippen LogP contribution in [-0.2, 0) is 16.8 Å². The van der Waals surface area contributed by atoms with E-state index in [0.29, 0.717) is 24.1 Å². The summed E-state index contributed by atoms with van der Waals surface area (Å²) in [6, 6.07) is 0. The summed E-state index contributed by atoms with van der Waals surface area (Å²) in [5.41, 5.74) is 0.831. The van der Waals surface area contributed by atoms with Gasteiger partial charge in [-0.25, -0.2) is 4.68 Å². The molecule has 17 heavy (non-hydrogen) atoms. The van der Waals surface area contributed by atoms with Crippen molar-refractivity contribution < 1.29 is 9.90 Å². The Hall–Kier alpha value is -1.52. The van der Waals surface area contributed by atoms with Crippen LogP contribution < -0.4 is 5.56 Å². The average Bonchev–Trinajstić information content (AvgIpc) is 2.55. The largest absolute Gasteiger partial charge is 0.481 e. The molecule has 0 saturated heterocycles. The van der Waals surface area contributed by atoms with E-state index in [1.165, 1.54) is 0 Å². The molecule has 5 nitrogen and oxygen atoms in total. The fraction of sp³-hybridized carbons (Fsp3) is 0.667. The van der Waals surface area contributed by atoms with Gasteiger partial charge < -0.3 is 5.11 Å². The fourth-order valence-electron chi connectivity index (χ4n) is 2.37. The average molecular weight is 238 g/mol. The van der Waals surface area contributed by atoms with E-state index in [-0.39, 0.29) is 11.1 Å². The molecule has 0 fully saturated rings. The minimum absolute atomic E-state index is 0.0709. The van der Waals surface area contributed by atoms with Gasteiger partial charge in [0.05, 0.1) is 17.2 Å². The molecule has 1 aliphatic rings. The van der Waals surface area contributed by atoms with Gasteiger partial charge in [-0.15, -0.1) is 0 Å². The van der Waals surface area contributed by atoms with Crippen molar-refractivity contribution in [2.75, 3.05) is 0 Å². The van der Waals surface area contributed by atoms with Gasteiger partial charge in [0.25, 0.3) is 5.56 Å². The summed E-state index contributed by atoms with van der Waals surface area (Å²) in [7, 11) is 0. The number of aromatic amines is 1. The molecule has 1 unspecified atom stereocenters. The minimum Gasteiger partial charge on any atom is -0.481 e. The van der Waals surface area contributed by atoms with Gasteiger partial charge in [0.2, 0.25) is 0 Å². The van der Waals surface area contributed by atoms with Crippen molar-refractivity contribution in [1.29, 1.82) is 0 Å². The maximum Gasteiger partial charge on any atom is 0.312 e. The van der Waals surface area contributed by atoms with Crippen LogP contribution in [0.3, 0.4) is 0 Å². The third-order valence-corrected chi connectivity index (χ3v) is 3.26. The molecule has 0 aliphatic heterocycles. The van der Waals surface area contributed by atoms with Crippen LogP contribution in [0, 0.1) is 0 Å². The van der Waals surface area contributed by atoms with Crippen molar-refractivity contribution in [2.45, 2.75) is 51.5 Å². The van der Waals surface area contributed by atoms with E-state index in [4.69, 9.17) is 5.11 Å². The van der Waals surface area contributed by atoms with Crippen molar-refractivity contribution in [3.05, 3.63) is 21.6 Å². The molecule has 0 bridgehead atoms. The zero-order chi connectivity index (χ0) is 12.8. The van der Waals surface area contributed by atoms with E-state index in [1.54, 1.807) is 4.68 Å². The van der Waals surface area contributed by atoms with Crippen molar-refractivity contribution >= 4 is 5.97 Å². The Balaban J connectivity index is 2.58. The Labute approximate surface area is 99.4 Å². The van der Waals surface area contributed by atoms with Crippen LogP contribution in [0.2, 0.25) is 0 Å². The molecule has 1 aromatic rings. The van der Waals surface area contributed by atoms with Crippen molar-refractivity contribution in [2.24, 2.45) is 0 Å². The molecule has 2 rings (SSSR count). The van der Waals surface area contributed by atoms with Crippen LogP contribution in [0.4, 0.5) is 0 Å². The molecule has 2 N–H and O–H groups in total. The second-order valence-electron chi connectivity index (χ2n) is 5.60. The first-order chi connectivity index (χ1) is 7.82. The summed E-state index contributed by atoms with van der Waals surface area (Å²) in [4.78, 5) is 23.3. The number of aliphatic carboxylic acids is 1. The van der Waals surface area contributed by atoms with Crippen molar-refractivity contribution in [3.63, 3.8) is 0 Å². The highest BCUT2D eigenvalue weighted by atomic mass is 16.4. The summed E-state index contributed by atoms with van der Waals surface area (Å²) in [6.45, 7) is 5.77. The van der Waals surface area contributed by atoms with Crippen LogP contribution in [0.5, 0.6) is 0 Å². The summed E-state index contributed by atoms with van der Waals surface area (Å²) in [6.07, 6.45) is 2.05. The smallest absolute Gasteiger partial charge is 0.312 e.